The molecule has 200 valence electrons. The number of hydrogen-bond acceptors (Lipinski definition) is 4. The van der Waals surface area contributed by atoms with Gasteiger partial charge in [-0.1, -0.05) is 50.6 Å². The van der Waals surface area contributed by atoms with Crippen molar-refractivity contribution in [3.63, 3.8) is 0 Å². The van der Waals surface area contributed by atoms with Crippen LogP contribution in [0.3, 0.4) is 0 Å². The molecule has 7 nitrogen and oxygen atoms in total. The summed E-state index contributed by atoms with van der Waals surface area (Å²) in [6.07, 6.45) is 1.16. The molecule has 38 heavy (non-hydrogen) atoms. The number of rotatable bonds is 6. The van der Waals surface area contributed by atoms with Gasteiger partial charge in [-0.25, -0.2) is 8.42 Å². The first-order valence-corrected chi connectivity index (χ1v) is 14.3. The van der Waals surface area contributed by atoms with E-state index >= 15 is 0 Å². The summed E-state index contributed by atoms with van der Waals surface area (Å²) in [5.41, 5.74) is 2.74. The summed E-state index contributed by atoms with van der Waals surface area (Å²) in [5.74, 6) is -1.00. The van der Waals surface area contributed by atoms with E-state index in [4.69, 9.17) is 11.6 Å². The minimum atomic E-state index is -3.73. The van der Waals surface area contributed by atoms with Gasteiger partial charge in [0, 0.05) is 35.1 Å². The van der Waals surface area contributed by atoms with Crippen molar-refractivity contribution in [2.75, 3.05) is 23.7 Å². The average molecular weight is 554 g/mol. The third kappa shape index (κ3) is 6.62. The number of nitrogens with one attached hydrogen (secondary N) is 2. The van der Waals surface area contributed by atoms with Crippen LogP contribution < -0.4 is 10.6 Å². The molecule has 9 heteroatoms. The Balaban J connectivity index is 1.39. The van der Waals surface area contributed by atoms with Crippen LogP contribution >= 0.6 is 11.6 Å². The van der Waals surface area contributed by atoms with Crippen LogP contribution in [0.5, 0.6) is 0 Å². The second kappa shape index (κ2) is 11.3. The molecule has 1 saturated heterocycles. The summed E-state index contributed by atoms with van der Waals surface area (Å²) < 4.78 is 27.5. The molecular formula is C29H32ClN3O4S. The number of amides is 2. The molecule has 0 aromatic heterocycles. The van der Waals surface area contributed by atoms with Gasteiger partial charge < -0.3 is 10.6 Å². The Hall–Kier alpha value is -3.20. The highest BCUT2D eigenvalue weighted by atomic mass is 35.5. The highest BCUT2D eigenvalue weighted by Crippen LogP contribution is 2.27. The maximum absolute atomic E-state index is 13.1. The molecule has 1 aliphatic heterocycles. The molecule has 0 radical (unpaired) electrons. The fourth-order valence-corrected chi connectivity index (χ4v) is 6.02. The van der Waals surface area contributed by atoms with Gasteiger partial charge in [0.15, 0.2) is 0 Å². The summed E-state index contributed by atoms with van der Waals surface area (Å²) >= 11 is 5.90. The molecule has 3 aromatic rings. The maximum atomic E-state index is 13.1. The van der Waals surface area contributed by atoms with Gasteiger partial charge in [0.25, 0.3) is 5.91 Å². The van der Waals surface area contributed by atoms with Crippen LogP contribution in [0.4, 0.5) is 11.4 Å². The van der Waals surface area contributed by atoms with Crippen LogP contribution in [-0.2, 0) is 20.2 Å². The number of piperidine rings is 1. The van der Waals surface area contributed by atoms with Crippen molar-refractivity contribution in [3.05, 3.63) is 88.9 Å². The van der Waals surface area contributed by atoms with E-state index in [1.165, 1.54) is 28.6 Å². The Kier molecular flexibility index (Phi) is 8.25. The van der Waals surface area contributed by atoms with Gasteiger partial charge in [-0.15, -0.1) is 0 Å². The Labute approximate surface area is 229 Å². The normalized spacial score (nSPS) is 16.6. The van der Waals surface area contributed by atoms with E-state index in [1.54, 1.807) is 36.4 Å². The van der Waals surface area contributed by atoms with Gasteiger partial charge in [0.2, 0.25) is 15.9 Å². The van der Waals surface area contributed by atoms with Crippen LogP contribution in [0, 0.1) is 5.92 Å². The number of halogens is 1. The van der Waals surface area contributed by atoms with E-state index in [-0.39, 0.29) is 28.7 Å². The minimum Gasteiger partial charge on any atom is -0.326 e. The highest BCUT2D eigenvalue weighted by molar-refractivity contribution is 7.89. The smallest absolute Gasteiger partial charge is 0.255 e. The predicted octanol–water partition coefficient (Wildman–Crippen LogP) is 5.93. The lowest BCUT2D eigenvalue weighted by atomic mass is 9.87. The largest absolute Gasteiger partial charge is 0.326 e. The van der Waals surface area contributed by atoms with Gasteiger partial charge in [-0.3, -0.25) is 9.59 Å². The van der Waals surface area contributed by atoms with Crippen LogP contribution in [0.2, 0.25) is 5.02 Å². The zero-order valence-corrected chi connectivity index (χ0v) is 23.3. The molecule has 1 heterocycles. The van der Waals surface area contributed by atoms with Crippen molar-refractivity contribution in [2.45, 2.75) is 43.9 Å². The van der Waals surface area contributed by atoms with Crippen molar-refractivity contribution in [3.8, 4) is 0 Å². The van der Waals surface area contributed by atoms with Crippen molar-refractivity contribution in [1.29, 1.82) is 0 Å². The molecule has 0 bridgehead atoms. The predicted molar refractivity (Wildman–Crippen MR) is 151 cm³/mol. The summed E-state index contributed by atoms with van der Waals surface area (Å²) in [6, 6.07) is 20.4. The standard InChI is InChI=1S/C29H32ClN3O4S/c1-29(2,3)22-11-9-20(10-12-22)27(34)31-24-7-4-8-25(18-24)32-28(35)21-6-5-17-33(19-21)38(36,37)26-15-13-23(30)14-16-26/h4,7-16,18,21H,5-6,17,19H2,1-3H3,(H,31,34)(H,32,35)/t21-/m0/s1. The molecule has 1 fully saturated rings. The lowest BCUT2D eigenvalue weighted by Crippen LogP contribution is -2.43. The molecule has 1 aliphatic rings. The number of benzene rings is 3. The lowest BCUT2D eigenvalue weighted by molar-refractivity contribution is -0.120. The van der Waals surface area contributed by atoms with Crippen molar-refractivity contribution in [1.82, 2.24) is 4.31 Å². The average Bonchev–Trinajstić information content (AvgIpc) is 2.89. The molecule has 3 aromatic carbocycles. The van der Waals surface area contributed by atoms with Gasteiger partial charge in [-0.2, -0.15) is 4.31 Å². The van der Waals surface area contributed by atoms with Crippen LogP contribution in [-0.4, -0.2) is 37.6 Å². The van der Waals surface area contributed by atoms with E-state index in [0.717, 1.165) is 5.56 Å². The van der Waals surface area contributed by atoms with E-state index in [1.807, 2.05) is 12.1 Å². The van der Waals surface area contributed by atoms with E-state index in [0.29, 0.717) is 41.3 Å². The van der Waals surface area contributed by atoms with Crippen LogP contribution in [0.1, 0.15) is 49.5 Å². The van der Waals surface area contributed by atoms with E-state index in [2.05, 4.69) is 31.4 Å². The van der Waals surface area contributed by atoms with E-state index < -0.39 is 15.9 Å². The zero-order chi connectivity index (χ0) is 27.5. The fourth-order valence-electron chi connectivity index (χ4n) is 4.37. The topological polar surface area (TPSA) is 95.6 Å². The number of sulfonamides is 1. The van der Waals surface area contributed by atoms with Gasteiger partial charge in [0.05, 0.1) is 10.8 Å². The second-order valence-corrected chi connectivity index (χ2v) is 12.9. The highest BCUT2D eigenvalue weighted by Gasteiger charge is 2.33. The molecule has 1 atom stereocenters. The number of carbonyl (C=O) groups excluding carboxylic acids is 2. The van der Waals surface area contributed by atoms with Crippen LogP contribution in [0.25, 0.3) is 0 Å². The Morgan fingerprint density at radius 2 is 1.55 bits per heavy atom. The first-order valence-electron chi connectivity index (χ1n) is 12.5. The summed E-state index contributed by atoms with van der Waals surface area (Å²) in [5, 5.41) is 6.21. The Morgan fingerprint density at radius 3 is 2.18 bits per heavy atom. The Morgan fingerprint density at radius 1 is 0.921 bits per heavy atom. The summed E-state index contributed by atoms with van der Waals surface area (Å²) in [6.45, 7) is 6.80. The molecule has 0 aliphatic carbocycles. The summed E-state index contributed by atoms with van der Waals surface area (Å²) in [4.78, 5) is 26.0. The molecule has 0 saturated carbocycles. The van der Waals surface area contributed by atoms with Gasteiger partial charge >= 0.3 is 0 Å². The maximum Gasteiger partial charge on any atom is 0.255 e. The molecule has 2 N–H and O–H groups in total. The second-order valence-electron chi connectivity index (χ2n) is 10.5. The van der Waals surface area contributed by atoms with Crippen LogP contribution in [0.15, 0.2) is 77.7 Å². The third-order valence-electron chi connectivity index (χ3n) is 6.61. The van der Waals surface area contributed by atoms with Gasteiger partial charge in [0.1, 0.15) is 0 Å². The summed E-state index contributed by atoms with van der Waals surface area (Å²) in [7, 11) is -3.73. The first-order chi connectivity index (χ1) is 17.9. The number of hydrogen-bond donors (Lipinski definition) is 2. The minimum absolute atomic E-state index is 0.00303. The number of carbonyl (C=O) groups is 2. The number of anilines is 2. The fraction of sp³-hybridized carbons (Fsp3) is 0.310. The molecular weight excluding hydrogens is 522 g/mol. The van der Waals surface area contributed by atoms with Crippen molar-refractivity contribution in [2.24, 2.45) is 5.92 Å². The molecule has 0 spiro atoms. The SMILES string of the molecule is CC(C)(C)c1ccc(C(=O)Nc2cccc(NC(=O)[C@H]3CCCN(S(=O)(=O)c4ccc(Cl)cc4)C3)c2)cc1. The molecule has 0 unspecified atom stereocenters. The third-order valence-corrected chi connectivity index (χ3v) is 8.74. The zero-order valence-electron chi connectivity index (χ0n) is 21.7. The number of nitrogens with zero attached hydrogens (tertiary/aromatic N) is 1. The van der Waals surface area contributed by atoms with Gasteiger partial charge in [-0.05, 0) is 78.4 Å². The van der Waals surface area contributed by atoms with Crippen molar-refractivity contribution >= 4 is 44.8 Å². The first kappa shape index (κ1) is 27.8. The molecule has 4 rings (SSSR count). The van der Waals surface area contributed by atoms with Crippen molar-refractivity contribution < 1.29 is 18.0 Å². The Bertz CT molecular complexity index is 1420. The lowest BCUT2D eigenvalue weighted by Gasteiger charge is -2.31. The monoisotopic (exact) mass is 553 g/mol. The molecule has 2 amide bonds. The van der Waals surface area contributed by atoms with E-state index in [9.17, 15) is 18.0 Å². The quantitative estimate of drug-likeness (QED) is 0.395.